The van der Waals surface area contributed by atoms with E-state index in [0.717, 1.165) is 11.3 Å². The summed E-state index contributed by atoms with van der Waals surface area (Å²) in [6, 6.07) is 14.6. The predicted molar refractivity (Wildman–Crippen MR) is 116 cm³/mol. The Hall–Kier alpha value is -3.68. The van der Waals surface area contributed by atoms with Crippen LogP contribution in [-0.4, -0.2) is 33.7 Å². The zero-order chi connectivity index (χ0) is 21.7. The molecular formula is C22H25N5O3. The van der Waals surface area contributed by atoms with Crippen molar-refractivity contribution in [1.29, 1.82) is 0 Å². The molecule has 0 radical (unpaired) electrons. The standard InChI is InChI=1S/C22H25N5O3/c1-15-8-10-18(11-9-15)14-26-17(3)21(16(2)25-26)22(28)24-13-12-23-19-6-4-5-7-20(19)27(29)30/h4-11,23H,12-14H2,1-3H3,(H,24,28). The molecule has 0 atom stereocenters. The first kappa shape index (κ1) is 21.0. The van der Waals surface area contributed by atoms with Crippen LogP contribution in [0.5, 0.6) is 0 Å². The number of nitrogens with zero attached hydrogens (tertiary/aromatic N) is 3. The van der Waals surface area contributed by atoms with Gasteiger partial charge in [-0.05, 0) is 32.4 Å². The summed E-state index contributed by atoms with van der Waals surface area (Å²) in [5, 5.41) is 21.4. The quantitative estimate of drug-likeness (QED) is 0.337. The summed E-state index contributed by atoms with van der Waals surface area (Å²) in [4.78, 5) is 23.3. The molecule has 2 N–H and O–H groups in total. The van der Waals surface area contributed by atoms with Crippen LogP contribution in [0.15, 0.2) is 48.5 Å². The number of amides is 1. The molecule has 0 unspecified atom stereocenters. The first-order chi connectivity index (χ1) is 14.4. The summed E-state index contributed by atoms with van der Waals surface area (Å²) in [6.07, 6.45) is 0. The summed E-state index contributed by atoms with van der Waals surface area (Å²) in [7, 11) is 0. The molecule has 3 rings (SSSR count). The first-order valence-corrected chi connectivity index (χ1v) is 9.72. The van der Waals surface area contributed by atoms with Gasteiger partial charge in [0.1, 0.15) is 5.69 Å². The lowest BCUT2D eigenvalue weighted by molar-refractivity contribution is -0.384. The lowest BCUT2D eigenvalue weighted by Crippen LogP contribution is -2.29. The molecule has 0 bridgehead atoms. The maximum atomic E-state index is 12.7. The minimum atomic E-state index is -0.434. The largest absolute Gasteiger partial charge is 0.378 e. The highest BCUT2D eigenvalue weighted by atomic mass is 16.6. The third-order valence-corrected chi connectivity index (χ3v) is 4.89. The predicted octanol–water partition coefficient (Wildman–Crippen LogP) is 3.61. The number of nitrogens with one attached hydrogen (secondary N) is 2. The van der Waals surface area contributed by atoms with E-state index in [1.165, 1.54) is 11.6 Å². The molecule has 2 aromatic carbocycles. The summed E-state index contributed by atoms with van der Waals surface area (Å²) in [5.41, 5.74) is 4.78. The van der Waals surface area contributed by atoms with E-state index in [1.54, 1.807) is 18.2 Å². The molecule has 3 aromatic rings. The summed E-state index contributed by atoms with van der Waals surface area (Å²) >= 11 is 0. The average Bonchev–Trinajstić information content (AvgIpc) is 3.00. The van der Waals surface area contributed by atoms with E-state index in [2.05, 4.69) is 40.0 Å². The number of benzene rings is 2. The van der Waals surface area contributed by atoms with E-state index in [0.29, 0.717) is 36.6 Å². The number of para-hydroxylation sites is 2. The van der Waals surface area contributed by atoms with Crippen LogP contribution in [0.2, 0.25) is 0 Å². The van der Waals surface area contributed by atoms with Gasteiger partial charge in [-0.3, -0.25) is 19.6 Å². The van der Waals surface area contributed by atoms with E-state index < -0.39 is 4.92 Å². The van der Waals surface area contributed by atoms with Crippen LogP contribution < -0.4 is 10.6 Å². The maximum Gasteiger partial charge on any atom is 0.292 e. The molecule has 0 aliphatic heterocycles. The Bertz CT molecular complexity index is 1060. The monoisotopic (exact) mass is 407 g/mol. The summed E-state index contributed by atoms with van der Waals surface area (Å²) in [6.45, 7) is 7.03. The Labute approximate surface area is 175 Å². The van der Waals surface area contributed by atoms with Gasteiger partial charge in [-0.25, -0.2) is 0 Å². The smallest absolute Gasteiger partial charge is 0.292 e. The molecule has 0 saturated heterocycles. The van der Waals surface area contributed by atoms with Crippen molar-refractivity contribution in [1.82, 2.24) is 15.1 Å². The maximum absolute atomic E-state index is 12.7. The number of aromatic nitrogens is 2. The lowest BCUT2D eigenvalue weighted by atomic mass is 10.1. The van der Waals surface area contributed by atoms with Crippen molar-refractivity contribution in [2.75, 3.05) is 18.4 Å². The lowest BCUT2D eigenvalue weighted by Gasteiger charge is -2.09. The van der Waals surface area contributed by atoms with Crippen molar-refractivity contribution < 1.29 is 9.72 Å². The Balaban J connectivity index is 1.60. The number of aryl methyl sites for hydroxylation is 2. The van der Waals surface area contributed by atoms with Crippen molar-refractivity contribution in [3.8, 4) is 0 Å². The molecule has 30 heavy (non-hydrogen) atoms. The van der Waals surface area contributed by atoms with E-state index in [4.69, 9.17) is 0 Å². The van der Waals surface area contributed by atoms with Gasteiger partial charge in [-0.2, -0.15) is 5.10 Å². The van der Waals surface area contributed by atoms with Gasteiger partial charge in [-0.15, -0.1) is 0 Å². The Morgan fingerprint density at radius 2 is 1.77 bits per heavy atom. The zero-order valence-corrected chi connectivity index (χ0v) is 17.3. The number of carbonyl (C=O) groups is 1. The molecule has 0 fully saturated rings. The van der Waals surface area contributed by atoms with Gasteiger partial charge in [0.2, 0.25) is 0 Å². The van der Waals surface area contributed by atoms with Crippen molar-refractivity contribution >= 4 is 17.3 Å². The number of anilines is 1. The fourth-order valence-corrected chi connectivity index (χ4v) is 3.29. The Morgan fingerprint density at radius 1 is 1.07 bits per heavy atom. The normalized spacial score (nSPS) is 10.6. The van der Waals surface area contributed by atoms with Gasteiger partial charge >= 0.3 is 0 Å². The third-order valence-electron chi connectivity index (χ3n) is 4.89. The van der Waals surface area contributed by atoms with Crippen LogP contribution in [-0.2, 0) is 6.54 Å². The molecular weight excluding hydrogens is 382 g/mol. The van der Waals surface area contributed by atoms with Crippen molar-refractivity contribution in [3.05, 3.63) is 86.7 Å². The molecule has 156 valence electrons. The second kappa shape index (κ2) is 9.21. The minimum Gasteiger partial charge on any atom is -0.378 e. The summed E-state index contributed by atoms with van der Waals surface area (Å²) in [5.74, 6) is -0.204. The number of hydrogen-bond acceptors (Lipinski definition) is 5. The molecule has 1 heterocycles. The van der Waals surface area contributed by atoms with Crippen molar-refractivity contribution in [2.45, 2.75) is 27.3 Å². The van der Waals surface area contributed by atoms with Crippen molar-refractivity contribution in [2.24, 2.45) is 0 Å². The van der Waals surface area contributed by atoms with E-state index in [-0.39, 0.29) is 11.6 Å². The van der Waals surface area contributed by atoms with Crippen LogP contribution in [0.4, 0.5) is 11.4 Å². The number of nitro benzene ring substituents is 1. The highest BCUT2D eigenvalue weighted by molar-refractivity contribution is 5.96. The van der Waals surface area contributed by atoms with E-state index >= 15 is 0 Å². The zero-order valence-electron chi connectivity index (χ0n) is 17.3. The SMILES string of the molecule is Cc1ccc(Cn2nc(C)c(C(=O)NCCNc3ccccc3[N+](=O)[O-])c2C)cc1. The van der Waals surface area contributed by atoms with Gasteiger partial charge in [0.25, 0.3) is 11.6 Å². The first-order valence-electron chi connectivity index (χ1n) is 9.72. The fraction of sp³-hybridized carbons (Fsp3) is 0.273. The average molecular weight is 407 g/mol. The molecule has 8 heteroatoms. The second-order valence-corrected chi connectivity index (χ2v) is 7.15. The number of carbonyl (C=O) groups excluding carboxylic acids is 1. The van der Waals surface area contributed by atoms with Crippen molar-refractivity contribution in [3.63, 3.8) is 0 Å². The minimum absolute atomic E-state index is 0.00731. The highest BCUT2D eigenvalue weighted by Gasteiger charge is 2.18. The van der Waals surface area contributed by atoms with Gasteiger partial charge in [0, 0.05) is 24.8 Å². The summed E-state index contributed by atoms with van der Waals surface area (Å²) < 4.78 is 1.83. The van der Waals surface area contributed by atoms with Crippen LogP contribution in [0.25, 0.3) is 0 Å². The van der Waals surface area contributed by atoms with Gasteiger partial charge in [-0.1, -0.05) is 42.0 Å². The molecule has 1 amide bonds. The Kier molecular flexibility index (Phi) is 6.46. The molecule has 8 nitrogen and oxygen atoms in total. The number of nitro groups is 1. The van der Waals surface area contributed by atoms with Crippen LogP contribution >= 0.6 is 0 Å². The molecule has 0 spiro atoms. The molecule has 0 aliphatic carbocycles. The topological polar surface area (TPSA) is 102 Å². The van der Waals surface area contributed by atoms with Crippen LogP contribution in [0.3, 0.4) is 0 Å². The third kappa shape index (κ3) is 4.83. The number of hydrogen-bond donors (Lipinski definition) is 2. The fourth-order valence-electron chi connectivity index (χ4n) is 3.29. The van der Waals surface area contributed by atoms with Gasteiger partial charge in [0.05, 0.1) is 22.7 Å². The van der Waals surface area contributed by atoms with Crippen LogP contribution in [0, 0.1) is 30.9 Å². The molecule has 0 aliphatic rings. The highest BCUT2D eigenvalue weighted by Crippen LogP contribution is 2.22. The molecule has 1 aromatic heterocycles. The van der Waals surface area contributed by atoms with E-state index in [1.807, 2.05) is 25.5 Å². The molecule has 0 saturated carbocycles. The van der Waals surface area contributed by atoms with E-state index in [9.17, 15) is 14.9 Å². The van der Waals surface area contributed by atoms with Gasteiger partial charge in [0.15, 0.2) is 0 Å². The Morgan fingerprint density at radius 3 is 2.47 bits per heavy atom. The number of rotatable bonds is 8. The van der Waals surface area contributed by atoms with Crippen LogP contribution in [0.1, 0.15) is 32.9 Å². The van der Waals surface area contributed by atoms with Gasteiger partial charge < -0.3 is 10.6 Å². The second-order valence-electron chi connectivity index (χ2n) is 7.15.